The third-order valence-corrected chi connectivity index (χ3v) is 4.11. The van der Waals surface area contributed by atoms with E-state index < -0.39 is 11.7 Å². The molecular weight excluding hydrogens is 329 g/mol. The lowest BCUT2D eigenvalue weighted by Crippen LogP contribution is -2.19. The van der Waals surface area contributed by atoms with Gasteiger partial charge in [0.25, 0.3) is 11.5 Å². The second kappa shape index (κ2) is 6.01. The van der Waals surface area contributed by atoms with Crippen molar-refractivity contribution >= 4 is 34.7 Å². The minimum absolute atomic E-state index is 0.108. The summed E-state index contributed by atoms with van der Waals surface area (Å²) >= 11 is 5.07. The predicted molar refractivity (Wildman–Crippen MR) is 93.5 cm³/mol. The average molecular weight is 343 g/mol. The van der Waals surface area contributed by atoms with Crippen molar-refractivity contribution in [2.24, 2.45) is 7.05 Å². The molecule has 0 aliphatic heterocycles. The molecule has 3 rings (SSSR count). The molecule has 2 N–H and O–H groups in total. The Kier molecular flexibility index (Phi) is 4.02. The van der Waals surface area contributed by atoms with Gasteiger partial charge in [-0.25, -0.2) is 4.39 Å². The number of rotatable bonds is 2. The Balaban J connectivity index is 2.02. The van der Waals surface area contributed by atoms with Gasteiger partial charge in [0.2, 0.25) is 0 Å². The summed E-state index contributed by atoms with van der Waals surface area (Å²) in [7, 11) is 1.57. The molecule has 24 heavy (non-hydrogen) atoms. The van der Waals surface area contributed by atoms with E-state index >= 15 is 0 Å². The second-order valence-electron chi connectivity index (χ2n) is 5.49. The van der Waals surface area contributed by atoms with E-state index in [-0.39, 0.29) is 16.0 Å². The molecule has 0 aliphatic rings. The van der Waals surface area contributed by atoms with Gasteiger partial charge in [-0.05, 0) is 55.0 Å². The molecule has 3 aromatic rings. The second-order valence-corrected chi connectivity index (χ2v) is 5.88. The van der Waals surface area contributed by atoms with Crippen LogP contribution >= 0.6 is 12.2 Å². The predicted octanol–water partition coefficient (Wildman–Crippen LogP) is 3.30. The zero-order valence-corrected chi connectivity index (χ0v) is 13.8. The van der Waals surface area contributed by atoms with Crippen LogP contribution in [0.4, 0.5) is 10.1 Å². The van der Waals surface area contributed by atoms with Crippen LogP contribution in [0.5, 0.6) is 0 Å². The maximum atomic E-state index is 13.8. The lowest BCUT2D eigenvalue weighted by atomic mass is 10.1. The van der Waals surface area contributed by atoms with Gasteiger partial charge in [0.05, 0.1) is 16.6 Å². The number of aryl methyl sites for hydroxylation is 1. The highest BCUT2D eigenvalue weighted by atomic mass is 32.1. The Hall–Kier alpha value is -2.80. The summed E-state index contributed by atoms with van der Waals surface area (Å²) in [6, 6.07) is 9.06. The summed E-state index contributed by atoms with van der Waals surface area (Å²) in [6.07, 6.45) is 0. The number of aromatic amines is 1. The average Bonchev–Trinajstić information content (AvgIpc) is 2.55. The van der Waals surface area contributed by atoms with Gasteiger partial charge in [-0.15, -0.1) is 0 Å². The topological polar surface area (TPSA) is 66.9 Å². The number of hydrogen-bond acceptors (Lipinski definition) is 3. The van der Waals surface area contributed by atoms with E-state index in [2.05, 4.69) is 10.3 Å². The highest BCUT2D eigenvalue weighted by Crippen LogP contribution is 2.18. The SMILES string of the molecule is Cc1ccc(F)c(NC(=O)c2ccc3c(=O)n(C)c(=S)[nH]c3c2)c1. The number of fused-ring (bicyclic) bond motifs is 1. The molecule has 7 heteroatoms. The van der Waals surface area contributed by atoms with Gasteiger partial charge >= 0.3 is 0 Å². The zero-order valence-electron chi connectivity index (χ0n) is 13.0. The molecule has 122 valence electrons. The molecule has 1 amide bonds. The van der Waals surface area contributed by atoms with Crippen LogP contribution in [-0.4, -0.2) is 15.5 Å². The smallest absolute Gasteiger partial charge is 0.261 e. The van der Waals surface area contributed by atoms with E-state index in [0.29, 0.717) is 16.5 Å². The summed E-state index contributed by atoms with van der Waals surface area (Å²) in [4.78, 5) is 27.4. The van der Waals surface area contributed by atoms with Gasteiger partial charge in [-0.2, -0.15) is 0 Å². The maximum Gasteiger partial charge on any atom is 0.261 e. The number of amides is 1. The first-order chi connectivity index (χ1) is 11.4. The van der Waals surface area contributed by atoms with Crippen molar-refractivity contribution in [3.63, 3.8) is 0 Å². The van der Waals surface area contributed by atoms with Crippen LogP contribution in [-0.2, 0) is 7.05 Å². The molecule has 1 heterocycles. The summed E-state index contributed by atoms with van der Waals surface area (Å²) in [5, 5.41) is 2.96. The van der Waals surface area contributed by atoms with Crippen LogP contribution in [0.1, 0.15) is 15.9 Å². The number of anilines is 1. The Bertz CT molecular complexity index is 1090. The fraction of sp³-hybridized carbons (Fsp3) is 0.118. The lowest BCUT2D eigenvalue weighted by Gasteiger charge is -2.08. The number of benzene rings is 2. The van der Waals surface area contributed by atoms with Crippen molar-refractivity contribution in [3.8, 4) is 0 Å². The van der Waals surface area contributed by atoms with E-state index in [9.17, 15) is 14.0 Å². The van der Waals surface area contributed by atoms with Gasteiger partial charge in [-0.3, -0.25) is 14.2 Å². The molecule has 0 saturated carbocycles. The Morgan fingerprint density at radius 3 is 2.75 bits per heavy atom. The van der Waals surface area contributed by atoms with E-state index in [1.807, 2.05) is 0 Å². The fourth-order valence-corrected chi connectivity index (χ4v) is 2.57. The molecule has 0 spiro atoms. The normalized spacial score (nSPS) is 10.8. The van der Waals surface area contributed by atoms with E-state index in [1.54, 1.807) is 32.2 Å². The molecule has 0 bridgehead atoms. The molecule has 0 aliphatic carbocycles. The Labute approximate surface area is 141 Å². The van der Waals surface area contributed by atoms with Crippen molar-refractivity contribution in [3.05, 3.63) is 68.5 Å². The largest absolute Gasteiger partial charge is 0.332 e. The number of nitrogens with one attached hydrogen (secondary N) is 2. The van der Waals surface area contributed by atoms with Crippen LogP contribution in [0, 0.1) is 17.5 Å². The van der Waals surface area contributed by atoms with E-state index in [4.69, 9.17) is 12.2 Å². The number of halogens is 1. The van der Waals surface area contributed by atoms with Crippen molar-refractivity contribution < 1.29 is 9.18 Å². The summed E-state index contributed by atoms with van der Waals surface area (Å²) < 4.78 is 15.3. The highest BCUT2D eigenvalue weighted by molar-refractivity contribution is 7.71. The monoisotopic (exact) mass is 343 g/mol. The number of hydrogen-bond donors (Lipinski definition) is 2. The van der Waals surface area contributed by atoms with Gasteiger partial charge in [0, 0.05) is 12.6 Å². The van der Waals surface area contributed by atoms with E-state index in [1.165, 1.54) is 22.8 Å². The van der Waals surface area contributed by atoms with Gasteiger partial charge in [0.15, 0.2) is 4.77 Å². The molecule has 0 saturated heterocycles. The minimum Gasteiger partial charge on any atom is -0.332 e. The van der Waals surface area contributed by atoms with Crippen LogP contribution in [0.3, 0.4) is 0 Å². The van der Waals surface area contributed by atoms with Crippen LogP contribution < -0.4 is 10.9 Å². The highest BCUT2D eigenvalue weighted by Gasteiger charge is 2.12. The van der Waals surface area contributed by atoms with Crippen molar-refractivity contribution in [1.29, 1.82) is 0 Å². The molecule has 5 nitrogen and oxygen atoms in total. The Morgan fingerprint density at radius 2 is 2.00 bits per heavy atom. The summed E-state index contributed by atoms with van der Waals surface area (Å²) in [5.74, 6) is -0.982. The third kappa shape index (κ3) is 2.85. The van der Waals surface area contributed by atoms with Crippen LogP contribution in [0.25, 0.3) is 10.9 Å². The number of H-pyrrole nitrogens is 1. The maximum absolute atomic E-state index is 13.8. The molecule has 0 fully saturated rings. The lowest BCUT2D eigenvalue weighted by molar-refractivity contribution is 0.102. The summed E-state index contributed by atoms with van der Waals surface area (Å²) in [5.41, 5.74) is 1.45. The molecule has 0 atom stereocenters. The zero-order chi connectivity index (χ0) is 17.4. The number of nitrogens with zero attached hydrogens (tertiary/aromatic N) is 1. The fourth-order valence-electron chi connectivity index (χ4n) is 2.38. The van der Waals surface area contributed by atoms with Crippen LogP contribution in [0.15, 0.2) is 41.2 Å². The molecule has 2 aromatic carbocycles. The molecule has 1 aromatic heterocycles. The first kappa shape index (κ1) is 16.1. The summed E-state index contributed by atoms with van der Waals surface area (Å²) in [6.45, 7) is 1.81. The van der Waals surface area contributed by atoms with Gasteiger partial charge in [-0.1, -0.05) is 6.07 Å². The first-order valence-corrected chi connectivity index (χ1v) is 7.58. The minimum atomic E-state index is -0.511. The first-order valence-electron chi connectivity index (χ1n) is 7.17. The third-order valence-electron chi connectivity index (χ3n) is 3.73. The van der Waals surface area contributed by atoms with E-state index in [0.717, 1.165) is 5.56 Å². The quantitative estimate of drug-likeness (QED) is 0.702. The molecular formula is C17H14FN3O2S. The standard InChI is InChI=1S/C17H14FN3O2S/c1-9-3-6-12(18)14(7-9)19-15(22)10-4-5-11-13(8-10)20-17(24)21(2)16(11)23/h3-8H,1-2H3,(H,19,22)(H,20,24). The molecule has 0 radical (unpaired) electrons. The number of carbonyl (C=O) groups is 1. The Morgan fingerprint density at radius 1 is 1.25 bits per heavy atom. The molecule has 0 unspecified atom stereocenters. The number of carbonyl (C=O) groups excluding carboxylic acids is 1. The van der Waals surface area contributed by atoms with Gasteiger partial charge < -0.3 is 10.3 Å². The van der Waals surface area contributed by atoms with Crippen molar-refractivity contribution in [2.75, 3.05) is 5.32 Å². The number of aromatic nitrogens is 2. The van der Waals surface area contributed by atoms with Crippen molar-refractivity contribution in [2.45, 2.75) is 6.92 Å². The van der Waals surface area contributed by atoms with Crippen LogP contribution in [0.2, 0.25) is 0 Å². The van der Waals surface area contributed by atoms with Gasteiger partial charge in [0.1, 0.15) is 5.82 Å². The van der Waals surface area contributed by atoms with Crippen molar-refractivity contribution in [1.82, 2.24) is 9.55 Å².